The molecule has 0 spiro atoms. The Labute approximate surface area is 194 Å². The van der Waals surface area contributed by atoms with Crippen molar-refractivity contribution in [3.63, 3.8) is 0 Å². The number of phenolic OH excluding ortho intramolecular Hbond substituents is 1. The smallest absolute Gasteiger partial charge is 0.300 e. The molecule has 166 valence electrons. The van der Waals surface area contributed by atoms with Crippen molar-refractivity contribution in [1.82, 2.24) is 0 Å². The standard InChI is InChI=1S/C25H18ClNO6/c26-16-5-7-17(8-6-16)27-22(14-2-1-3-18(28)12-14)21(24(30)25(27)31)23(29)15-4-9-19-20(13-15)33-11-10-32-19/h1-9,12-13,22,28-29H,10-11H2/b23-21-. The first-order chi connectivity index (χ1) is 15.9. The molecule has 2 aliphatic rings. The van der Waals surface area contributed by atoms with E-state index in [1.807, 2.05) is 0 Å². The summed E-state index contributed by atoms with van der Waals surface area (Å²) in [6, 6.07) is 16.5. The van der Waals surface area contributed by atoms with E-state index in [2.05, 4.69) is 0 Å². The van der Waals surface area contributed by atoms with Crippen molar-refractivity contribution in [2.24, 2.45) is 0 Å². The third-order valence-corrected chi connectivity index (χ3v) is 5.80. The van der Waals surface area contributed by atoms with E-state index in [0.717, 1.165) is 0 Å². The van der Waals surface area contributed by atoms with Gasteiger partial charge in [0.2, 0.25) is 0 Å². The third-order valence-electron chi connectivity index (χ3n) is 5.55. The second kappa shape index (κ2) is 8.18. The van der Waals surface area contributed by atoms with E-state index >= 15 is 0 Å². The minimum Gasteiger partial charge on any atom is -0.508 e. The zero-order valence-electron chi connectivity index (χ0n) is 17.2. The van der Waals surface area contributed by atoms with Crippen LogP contribution in [0.5, 0.6) is 17.2 Å². The number of aliphatic hydroxyl groups excluding tert-OH is 1. The molecule has 2 N–H and O–H groups in total. The van der Waals surface area contributed by atoms with Gasteiger partial charge in [-0.2, -0.15) is 0 Å². The first-order valence-electron chi connectivity index (χ1n) is 10.2. The Morgan fingerprint density at radius 1 is 0.939 bits per heavy atom. The number of Topliss-reactive ketones (excluding diaryl/α,β-unsaturated/α-hetero) is 1. The van der Waals surface area contributed by atoms with Crippen molar-refractivity contribution in [3.05, 3.63) is 88.5 Å². The van der Waals surface area contributed by atoms with E-state index < -0.39 is 17.7 Å². The van der Waals surface area contributed by atoms with Crippen LogP contribution in [0, 0.1) is 0 Å². The van der Waals surface area contributed by atoms with Gasteiger partial charge in [-0.1, -0.05) is 23.7 Å². The largest absolute Gasteiger partial charge is 0.508 e. The molecule has 0 aromatic heterocycles. The van der Waals surface area contributed by atoms with Gasteiger partial charge in [0.25, 0.3) is 11.7 Å². The second-order valence-corrected chi connectivity index (χ2v) is 8.04. The maximum absolute atomic E-state index is 13.2. The average molecular weight is 464 g/mol. The molecule has 8 heteroatoms. The third kappa shape index (κ3) is 3.66. The predicted octanol–water partition coefficient (Wildman–Crippen LogP) is 4.44. The number of hydrogen-bond donors (Lipinski definition) is 2. The fourth-order valence-corrected chi connectivity index (χ4v) is 4.18. The number of ether oxygens (including phenoxy) is 2. The van der Waals surface area contributed by atoms with E-state index in [1.165, 1.54) is 17.0 Å². The van der Waals surface area contributed by atoms with Crippen LogP contribution < -0.4 is 14.4 Å². The van der Waals surface area contributed by atoms with Crippen LogP contribution in [0.15, 0.2) is 72.3 Å². The summed E-state index contributed by atoms with van der Waals surface area (Å²) < 4.78 is 11.1. The highest BCUT2D eigenvalue weighted by Crippen LogP contribution is 2.43. The van der Waals surface area contributed by atoms with Gasteiger partial charge in [0.15, 0.2) is 11.5 Å². The highest BCUT2D eigenvalue weighted by Gasteiger charge is 2.47. The molecular weight excluding hydrogens is 446 g/mol. The van der Waals surface area contributed by atoms with Crippen LogP contribution >= 0.6 is 11.6 Å². The topological polar surface area (TPSA) is 96.3 Å². The minimum atomic E-state index is -0.966. The molecule has 1 amide bonds. The van der Waals surface area contributed by atoms with Gasteiger partial charge in [0.05, 0.1) is 11.6 Å². The van der Waals surface area contributed by atoms with Crippen LogP contribution in [0.3, 0.4) is 0 Å². The zero-order chi connectivity index (χ0) is 23.1. The lowest BCUT2D eigenvalue weighted by Gasteiger charge is -2.25. The summed E-state index contributed by atoms with van der Waals surface area (Å²) in [6.45, 7) is 0.781. The lowest BCUT2D eigenvalue weighted by Crippen LogP contribution is -2.29. The first-order valence-corrected chi connectivity index (χ1v) is 10.6. The quantitative estimate of drug-likeness (QED) is 0.338. The Morgan fingerprint density at radius 2 is 1.67 bits per heavy atom. The molecule has 1 saturated heterocycles. The summed E-state index contributed by atoms with van der Waals surface area (Å²) in [5, 5.41) is 21.8. The van der Waals surface area contributed by atoms with Gasteiger partial charge in [-0.25, -0.2) is 0 Å². The number of anilines is 1. The zero-order valence-corrected chi connectivity index (χ0v) is 18.0. The van der Waals surface area contributed by atoms with E-state index in [9.17, 15) is 19.8 Å². The highest BCUT2D eigenvalue weighted by molar-refractivity contribution is 6.51. The van der Waals surface area contributed by atoms with Gasteiger partial charge in [0.1, 0.15) is 24.7 Å². The second-order valence-electron chi connectivity index (χ2n) is 7.60. The van der Waals surface area contributed by atoms with Crippen LogP contribution in [0.4, 0.5) is 5.69 Å². The van der Waals surface area contributed by atoms with Crippen molar-refractivity contribution in [2.45, 2.75) is 6.04 Å². The molecule has 7 nitrogen and oxygen atoms in total. The monoisotopic (exact) mass is 463 g/mol. The average Bonchev–Trinajstić information content (AvgIpc) is 3.09. The predicted molar refractivity (Wildman–Crippen MR) is 122 cm³/mol. The first kappa shape index (κ1) is 20.9. The molecule has 3 aromatic carbocycles. The molecule has 33 heavy (non-hydrogen) atoms. The number of benzene rings is 3. The molecule has 2 aliphatic heterocycles. The lowest BCUT2D eigenvalue weighted by atomic mass is 9.95. The minimum absolute atomic E-state index is 0.0338. The fraction of sp³-hybridized carbons (Fsp3) is 0.120. The molecule has 0 bridgehead atoms. The summed E-state index contributed by atoms with van der Waals surface area (Å²) in [6.07, 6.45) is 0. The van der Waals surface area contributed by atoms with E-state index in [-0.39, 0.29) is 17.1 Å². The molecule has 5 rings (SSSR count). The van der Waals surface area contributed by atoms with Crippen LogP contribution in [-0.4, -0.2) is 35.1 Å². The number of amides is 1. The molecule has 3 aromatic rings. The summed E-state index contributed by atoms with van der Waals surface area (Å²) in [7, 11) is 0. The molecule has 1 unspecified atom stereocenters. The van der Waals surface area contributed by atoms with Crippen molar-refractivity contribution < 1.29 is 29.3 Å². The van der Waals surface area contributed by atoms with Crippen molar-refractivity contribution in [1.29, 1.82) is 0 Å². The number of rotatable bonds is 3. The molecule has 0 radical (unpaired) electrons. The molecule has 0 saturated carbocycles. The maximum atomic E-state index is 13.2. The molecule has 2 heterocycles. The van der Waals surface area contributed by atoms with Crippen LogP contribution in [0.2, 0.25) is 5.02 Å². The van der Waals surface area contributed by atoms with E-state index in [1.54, 1.807) is 54.6 Å². The number of carbonyl (C=O) groups is 2. The summed E-state index contributed by atoms with van der Waals surface area (Å²) >= 11 is 6.00. The van der Waals surface area contributed by atoms with Gasteiger partial charge >= 0.3 is 0 Å². The van der Waals surface area contributed by atoms with Gasteiger partial charge in [0, 0.05) is 16.3 Å². The van der Waals surface area contributed by atoms with Crippen LogP contribution in [0.25, 0.3) is 5.76 Å². The van der Waals surface area contributed by atoms with Crippen LogP contribution in [0.1, 0.15) is 17.2 Å². The Kier molecular flexibility index (Phi) is 5.18. The molecule has 0 aliphatic carbocycles. The molecular formula is C25H18ClNO6. The van der Waals surface area contributed by atoms with E-state index in [4.69, 9.17) is 21.1 Å². The van der Waals surface area contributed by atoms with Gasteiger partial charge in [-0.15, -0.1) is 0 Å². The van der Waals surface area contributed by atoms with Gasteiger partial charge in [-0.05, 0) is 60.2 Å². The van der Waals surface area contributed by atoms with Gasteiger partial charge in [-0.3, -0.25) is 14.5 Å². The Hall–Kier alpha value is -3.97. The molecule has 1 atom stereocenters. The number of phenols is 1. The fourth-order valence-electron chi connectivity index (χ4n) is 4.06. The van der Waals surface area contributed by atoms with E-state index in [0.29, 0.717) is 46.5 Å². The molecule has 1 fully saturated rings. The maximum Gasteiger partial charge on any atom is 0.300 e. The van der Waals surface area contributed by atoms with Crippen LogP contribution in [-0.2, 0) is 9.59 Å². The number of ketones is 1. The van der Waals surface area contributed by atoms with Crippen molar-refractivity contribution in [2.75, 3.05) is 18.1 Å². The van der Waals surface area contributed by atoms with Gasteiger partial charge < -0.3 is 19.7 Å². The number of fused-ring (bicyclic) bond motifs is 1. The normalized spacial score (nSPS) is 19.1. The Balaban J connectivity index is 1.70. The Morgan fingerprint density at radius 3 is 2.39 bits per heavy atom. The summed E-state index contributed by atoms with van der Waals surface area (Å²) in [5.41, 5.74) is 1.09. The number of nitrogens with zero attached hydrogens (tertiary/aromatic N) is 1. The SMILES string of the molecule is O=C1C(=O)N(c2ccc(Cl)cc2)C(c2cccc(O)c2)/C1=C(/O)c1ccc2c(c1)OCCO2. The number of carbonyl (C=O) groups excluding carboxylic acids is 2. The number of halogens is 1. The number of hydrogen-bond acceptors (Lipinski definition) is 6. The number of aliphatic hydroxyl groups is 1. The van der Waals surface area contributed by atoms with Crippen molar-refractivity contribution >= 4 is 34.7 Å². The lowest BCUT2D eigenvalue weighted by molar-refractivity contribution is -0.132. The van der Waals surface area contributed by atoms with Crippen molar-refractivity contribution in [3.8, 4) is 17.2 Å². The number of aromatic hydroxyl groups is 1. The highest BCUT2D eigenvalue weighted by atomic mass is 35.5. The summed E-state index contributed by atoms with van der Waals surface area (Å²) in [4.78, 5) is 27.6. The Bertz CT molecular complexity index is 1300. The summed E-state index contributed by atoms with van der Waals surface area (Å²) in [5.74, 6) is -1.06.